The Balaban J connectivity index is 1.66. The van der Waals surface area contributed by atoms with E-state index < -0.39 is 15.8 Å². The first-order valence-corrected chi connectivity index (χ1v) is 8.54. The van der Waals surface area contributed by atoms with Gasteiger partial charge in [0.05, 0.1) is 6.61 Å². The quantitative estimate of drug-likeness (QED) is 0.822. The van der Waals surface area contributed by atoms with Gasteiger partial charge in [-0.25, -0.2) is 0 Å². The van der Waals surface area contributed by atoms with Gasteiger partial charge in [-0.05, 0) is 17.5 Å². The summed E-state index contributed by atoms with van der Waals surface area (Å²) < 4.78 is 33.8. The zero-order chi connectivity index (χ0) is 14.9. The molecular weight excluding hydrogens is 292 g/mol. The maximum atomic E-state index is 12.4. The van der Waals surface area contributed by atoms with E-state index in [0.717, 1.165) is 5.56 Å². The van der Waals surface area contributed by atoms with Crippen molar-refractivity contribution in [1.82, 2.24) is 9.03 Å². The first kappa shape index (κ1) is 14.9. The molecule has 2 aliphatic rings. The second kappa shape index (κ2) is 5.66. The van der Waals surface area contributed by atoms with Crippen molar-refractivity contribution in [2.75, 3.05) is 26.3 Å². The van der Waals surface area contributed by atoms with Gasteiger partial charge >= 0.3 is 0 Å². The monoisotopic (exact) mass is 312 g/mol. The molecule has 0 bridgehead atoms. The molecule has 6 nitrogen and oxygen atoms in total. The average Bonchev–Trinajstić information content (AvgIpc) is 2.92. The Bertz CT molecular complexity index is 611. The van der Waals surface area contributed by atoms with Crippen LogP contribution in [-0.2, 0) is 27.9 Å². The standard InChI is InChI=1S/C14H20N2O4S/c17-14(6-8-20-11-14)10-15-21(18,19)16-7-5-12-3-1-2-4-13(12)9-16/h1-4,15,17H,5-11H2. The van der Waals surface area contributed by atoms with Crippen molar-refractivity contribution in [1.29, 1.82) is 0 Å². The Labute approximate surface area is 124 Å². The van der Waals surface area contributed by atoms with Gasteiger partial charge in [0.15, 0.2) is 0 Å². The van der Waals surface area contributed by atoms with Crippen LogP contribution < -0.4 is 4.72 Å². The van der Waals surface area contributed by atoms with Crippen LogP contribution in [0.5, 0.6) is 0 Å². The molecule has 1 saturated heterocycles. The minimum atomic E-state index is -3.58. The number of aliphatic hydroxyl groups is 1. The van der Waals surface area contributed by atoms with Crippen LogP contribution in [-0.4, -0.2) is 49.7 Å². The molecule has 0 aliphatic carbocycles. The molecule has 0 saturated carbocycles. The highest BCUT2D eigenvalue weighted by Gasteiger charge is 2.35. The predicted octanol–water partition coefficient (Wildman–Crippen LogP) is 0.0305. The molecule has 116 valence electrons. The lowest BCUT2D eigenvalue weighted by Gasteiger charge is -2.29. The topological polar surface area (TPSA) is 78.9 Å². The molecule has 2 aliphatic heterocycles. The summed E-state index contributed by atoms with van der Waals surface area (Å²) in [6.45, 7) is 1.48. The minimum Gasteiger partial charge on any atom is -0.386 e. The second-order valence-corrected chi connectivity index (χ2v) is 7.46. The van der Waals surface area contributed by atoms with Gasteiger partial charge in [-0.3, -0.25) is 0 Å². The number of benzene rings is 1. The largest absolute Gasteiger partial charge is 0.386 e. The highest BCUT2D eigenvalue weighted by atomic mass is 32.2. The van der Waals surface area contributed by atoms with Gasteiger partial charge in [0.2, 0.25) is 0 Å². The van der Waals surface area contributed by atoms with Crippen LogP contribution >= 0.6 is 0 Å². The molecule has 2 heterocycles. The molecule has 21 heavy (non-hydrogen) atoms. The van der Waals surface area contributed by atoms with E-state index in [0.29, 0.717) is 32.5 Å². The lowest BCUT2D eigenvalue weighted by atomic mass is 10.0. The van der Waals surface area contributed by atoms with Gasteiger partial charge in [0.25, 0.3) is 10.2 Å². The first-order chi connectivity index (χ1) is 9.99. The molecule has 0 spiro atoms. The molecule has 7 heteroatoms. The predicted molar refractivity (Wildman–Crippen MR) is 77.9 cm³/mol. The summed E-state index contributed by atoms with van der Waals surface area (Å²) in [6.07, 6.45) is 1.17. The van der Waals surface area contributed by atoms with Gasteiger partial charge < -0.3 is 9.84 Å². The molecule has 1 aromatic carbocycles. The fourth-order valence-electron chi connectivity index (χ4n) is 2.73. The fraction of sp³-hybridized carbons (Fsp3) is 0.571. The van der Waals surface area contributed by atoms with Crippen LogP contribution in [0.1, 0.15) is 17.5 Å². The zero-order valence-corrected chi connectivity index (χ0v) is 12.6. The van der Waals surface area contributed by atoms with E-state index in [-0.39, 0.29) is 13.2 Å². The Morgan fingerprint density at radius 1 is 1.33 bits per heavy atom. The van der Waals surface area contributed by atoms with E-state index in [4.69, 9.17) is 4.74 Å². The van der Waals surface area contributed by atoms with E-state index in [1.54, 1.807) is 0 Å². The third-order valence-corrected chi connectivity index (χ3v) is 5.60. The Morgan fingerprint density at radius 2 is 2.10 bits per heavy atom. The average molecular weight is 312 g/mol. The summed E-state index contributed by atoms with van der Waals surface area (Å²) >= 11 is 0. The summed E-state index contributed by atoms with van der Waals surface area (Å²) in [6, 6.07) is 7.87. The van der Waals surface area contributed by atoms with Crippen molar-refractivity contribution in [2.24, 2.45) is 0 Å². The van der Waals surface area contributed by atoms with Gasteiger partial charge in [-0.15, -0.1) is 0 Å². The summed E-state index contributed by atoms with van der Waals surface area (Å²) in [5.41, 5.74) is 1.16. The van der Waals surface area contributed by atoms with Crippen molar-refractivity contribution in [3.8, 4) is 0 Å². The third kappa shape index (κ3) is 3.27. The van der Waals surface area contributed by atoms with Crippen LogP contribution in [0, 0.1) is 0 Å². The van der Waals surface area contributed by atoms with Crippen LogP contribution in [0.4, 0.5) is 0 Å². The molecule has 1 atom stereocenters. The minimum absolute atomic E-state index is 0.00647. The van der Waals surface area contributed by atoms with Crippen LogP contribution in [0.2, 0.25) is 0 Å². The van der Waals surface area contributed by atoms with Crippen molar-refractivity contribution < 1.29 is 18.3 Å². The van der Waals surface area contributed by atoms with Gasteiger partial charge in [-0.2, -0.15) is 17.4 Å². The molecule has 0 amide bonds. The zero-order valence-electron chi connectivity index (χ0n) is 11.8. The van der Waals surface area contributed by atoms with Crippen molar-refractivity contribution in [3.05, 3.63) is 35.4 Å². The Kier molecular flexibility index (Phi) is 4.02. The van der Waals surface area contributed by atoms with E-state index in [1.165, 1.54) is 9.87 Å². The highest BCUT2D eigenvalue weighted by molar-refractivity contribution is 7.87. The lowest BCUT2D eigenvalue weighted by molar-refractivity contribution is 0.0311. The van der Waals surface area contributed by atoms with E-state index in [9.17, 15) is 13.5 Å². The van der Waals surface area contributed by atoms with Gasteiger partial charge in [0, 0.05) is 32.7 Å². The molecular formula is C14H20N2O4S. The lowest BCUT2D eigenvalue weighted by Crippen LogP contribution is -2.49. The first-order valence-electron chi connectivity index (χ1n) is 7.10. The third-order valence-electron chi connectivity index (χ3n) is 4.10. The van der Waals surface area contributed by atoms with Crippen molar-refractivity contribution >= 4 is 10.2 Å². The fourth-order valence-corrected chi connectivity index (χ4v) is 4.00. The van der Waals surface area contributed by atoms with Crippen molar-refractivity contribution in [3.63, 3.8) is 0 Å². The van der Waals surface area contributed by atoms with E-state index in [1.807, 2.05) is 24.3 Å². The summed E-state index contributed by atoms with van der Waals surface area (Å²) in [7, 11) is -3.58. The molecule has 1 aromatic rings. The molecule has 1 fully saturated rings. The highest BCUT2D eigenvalue weighted by Crippen LogP contribution is 2.21. The van der Waals surface area contributed by atoms with Crippen LogP contribution in [0.3, 0.4) is 0 Å². The van der Waals surface area contributed by atoms with Gasteiger partial charge in [-0.1, -0.05) is 24.3 Å². The molecule has 3 rings (SSSR count). The number of fused-ring (bicyclic) bond motifs is 1. The number of nitrogens with one attached hydrogen (secondary N) is 1. The normalized spacial score (nSPS) is 26.7. The maximum absolute atomic E-state index is 12.4. The van der Waals surface area contributed by atoms with Crippen LogP contribution in [0.15, 0.2) is 24.3 Å². The summed E-state index contributed by atoms with van der Waals surface area (Å²) in [5, 5.41) is 10.1. The maximum Gasteiger partial charge on any atom is 0.279 e. The van der Waals surface area contributed by atoms with E-state index >= 15 is 0 Å². The molecule has 2 N–H and O–H groups in total. The number of rotatable bonds is 4. The second-order valence-electron chi connectivity index (χ2n) is 5.71. The smallest absolute Gasteiger partial charge is 0.279 e. The summed E-state index contributed by atoms with van der Waals surface area (Å²) in [4.78, 5) is 0. The molecule has 0 aromatic heterocycles. The van der Waals surface area contributed by atoms with Crippen molar-refractivity contribution in [2.45, 2.75) is 25.0 Å². The van der Waals surface area contributed by atoms with E-state index in [2.05, 4.69) is 4.72 Å². The van der Waals surface area contributed by atoms with Gasteiger partial charge in [0.1, 0.15) is 5.60 Å². The molecule has 0 radical (unpaired) electrons. The Morgan fingerprint density at radius 3 is 2.81 bits per heavy atom. The Hall–Kier alpha value is -0.990. The number of hydrogen-bond donors (Lipinski definition) is 2. The molecule has 1 unspecified atom stereocenters. The SMILES string of the molecule is O=S(=O)(NCC1(O)CCOC1)N1CCc2ccccc2C1. The number of hydrogen-bond acceptors (Lipinski definition) is 4. The summed E-state index contributed by atoms with van der Waals surface area (Å²) in [5.74, 6) is 0. The number of nitrogens with zero attached hydrogens (tertiary/aromatic N) is 1. The van der Waals surface area contributed by atoms with Crippen LogP contribution in [0.25, 0.3) is 0 Å². The number of ether oxygens (including phenoxy) is 1.